The van der Waals surface area contributed by atoms with Crippen LogP contribution in [0.1, 0.15) is 49.7 Å². The Balaban J connectivity index is 1.30. The smallest absolute Gasteiger partial charge is 0.325 e. The Bertz CT molecular complexity index is 817. The summed E-state index contributed by atoms with van der Waals surface area (Å²) in [6.45, 7) is 2.32. The minimum Gasteiger partial charge on any atom is -0.456 e. The van der Waals surface area contributed by atoms with Gasteiger partial charge in [-0.05, 0) is 43.7 Å². The van der Waals surface area contributed by atoms with Crippen LogP contribution in [0.3, 0.4) is 0 Å². The van der Waals surface area contributed by atoms with E-state index in [0.717, 1.165) is 18.4 Å². The van der Waals surface area contributed by atoms with E-state index in [0.29, 0.717) is 32.2 Å². The predicted octanol–water partition coefficient (Wildman–Crippen LogP) is 1.84. The van der Waals surface area contributed by atoms with Crippen LogP contribution in [0, 0.1) is 6.92 Å². The molecule has 1 saturated carbocycles. The maximum absolute atomic E-state index is 12.5. The predicted molar refractivity (Wildman–Crippen MR) is 110 cm³/mol. The van der Waals surface area contributed by atoms with Gasteiger partial charge in [-0.1, -0.05) is 37.1 Å². The van der Waals surface area contributed by atoms with Crippen LogP contribution in [-0.4, -0.2) is 54.0 Å². The highest BCUT2D eigenvalue weighted by Crippen LogP contribution is 2.35. The van der Waals surface area contributed by atoms with Crippen LogP contribution < -0.4 is 10.6 Å². The summed E-state index contributed by atoms with van der Waals surface area (Å²) < 4.78 is 4.99. The third kappa shape index (κ3) is 5.17. The molecule has 0 unspecified atom stereocenters. The summed E-state index contributed by atoms with van der Waals surface area (Å²) in [5, 5.41) is 5.54. The standard InChI is InChI=1S/C22H29N3O5/c1-16-7-2-3-8-17(16)10-13-23-18(26)15-30-19(27)9-6-14-25-20(28)22(24-21(25)29)11-4-5-12-22/h2-3,7-8H,4-6,9-15H2,1H3,(H,23,26)(H,24,29). The lowest BCUT2D eigenvalue weighted by molar-refractivity contribution is -0.148. The fraction of sp³-hybridized carbons (Fsp3) is 0.545. The van der Waals surface area contributed by atoms with Crippen LogP contribution in [0.25, 0.3) is 0 Å². The minimum atomic E-state index is -0.728. The number of benzene rings is 1. The average molecular weight is 415 g/mol. The molecule has 0 atom stereocenters. The molecule has 0 bridgehead atoms. The molecule has 3 rings (SSSR count). The van der Waals surface area contributed by atoms with Gasteiger partial charge < -0.3 is 15.4 Å². The Morgan fingerprint density at radius 2 is 1.93 bits per heavy atom. The third-order valence-corrected chi connectivity index (χ3v) is 5.81. The van der Waals surface area contributed by atoms with Crippen molar-refractivity contribution >= 4 is 23.8 Å². The fourth-order valence-electron chi connectivity index (χ4n) is 4.07. The van der Waals surface area contributed by atoms with E-state index in [1.165, 1.54) is 10.5 Å². The molecule has 8 nitrogen and oxygen atoms in total. The fourth-order valence-corrected chi connectivity index (χ4v) is 4.07. The molecule has 162 valence electrons. The molecule has 1 saturated heterocycles. The van der Waals surface area contributed by atoms with Gasteiger partial charge in [0, 0.05) is 19.5 Å². The zero-order chi connectivity index (χ0) is 21.6. The average Bonchev–Trinajstić information content (AvgIpc) is 3.28. The van der Waals surface area contributed by atoms with E-state index in [1.54, 1.807) is 0 Å². The van der Waals surface area contributed by atoms with Gasteiger partial charge in [0.25, 0.3) is 11.8 Å². The van der Waals surface area contributed by atoms with E-state index in [1.807, 2.05) is 31.2 Å². The molecule has 1 heterocycles. The highest BCUT2D eigenvalue weighted by molar-refractivity contribution is 6.07. The van der Waals surface area contributed by atoms with E-state index >= 15 is 0 Å². The van der Waals surface area contributed by atoms with Crippen molar-refractivity contribution in [3.8, 4) is 0 Å². The SMILES string of the molecule is Cc1ccccc1CCNC(=O)COC(=O)CCCN1C(=O)NC2(CCCC2)C1=O. The summed E-state index contributed by atoms with van der Waals surface area (Å²) >= 11 is 0. The first-order valence-electron chi connectivity index (χ1n) is 10.5. The summed E-state index contributed by atoms with van der Waals surface area (Å²) in [5.74, 6) is -1.06. The number of imide groups is 1. The van der Waals surface area contributed by atoms with Crippen molar-refractivity contribution in [3.63, 3.8) is 0 Å². The van der Waals surface area contributed by atoms with Gasteiger partial charge in [-0.15, -0.1) is 0 Å². The zero-order valence-corrected chi connectivity index (χ0v) is 17.4. The van der Waals surface area contributed by atoms with E-state index in [2.05, 4.69) is 10.6 Å². The molecule has 1 aromatic carbocycles. The molecule has 2 aliphatic rings. The molecule has 1 aliphatic carbocycles. The second-order valence-corrected chi connectivity index (χ2v) is 7.97. The first-order valence-corrected chi connectivity index (χ1v) is 10.5. The van der Waals surface area contributed by atoms with E-state index in [9.17, 15) is 19.2 Å². The largest absolute Gasteiger partial charge is 0.456 e. The Kier molecular flexibility index (Phi) is 7.07. The lowest BCUT2D eigenvalue weighted by atomic mass is 9.98. The Morgan fingerprint density at radius 1 is 1.20 bits per heavy atom. The van der Waals surface area contributed by atoms with Gasteiger partial charge in [-0.25, -0.2) is 4.79 Å². The third-order valence-electron chi connectivity index (χ3n) is 5.81. The molecule has 0 aromatic heterocycles. The van der Waals surface area contributed by atoms with Crippen LogP contribution in [0.4, 0.5) is 4.79 Å². The normalized spacial score (nSPS) is 17.3. The zero-order valence-electron chi connectivity index (χ0n) is 17.4. The maximum atomic E-state index is 12.5. The number of hydrogen-bond donors (Lipinski definition) is 2. The van der Waals surface area contributed by atoms with Gasteiger partial charge in [0.05, 0.1) is 0 Å². The van der Waals surface area contributed by atoms with Crippen molar-refractivity contribution in [2.24, 2.45) is 0 Å². The number of ether oxygens (including phenoxy) is 1. The number of hydrogen-bond acceptors (Lipinski definition) is 5. The molecule has 0 radical (unpaired) electrons. The summed E-state index contributed by atoms with van der Waals surface area (Å²) in [4.78, 5) is 49.5. The highest BCUT2D eigenvalue weighted by atomic mass is 16.5. The first-order chi connectivity index (χ1) is 14.4. The summed E-state index contributed by atoms with van der Waals surface area (Å²) in [7, 11) is 0. The molecule has 1 aromatic rings. The lowest BCUT2D eigenvalue weighted by Crippen LogP contribution is -2.44. The number of rotatable bonds is 9. The number of carbonyl (C=O) groups excluding carboxylic acids is 4. The van der Waals surface area contributed by atoms with Crippen LogP contribution in [0.5, 0.6) is 0 Å². The lowest BCUT2D eigenvalue weighted by Gasteiger charge is -2.19. The number of nitrogens with zero attached hydrogens (tertiary/aromatic N) is 1. The van der Waals surface area contributed by atoms with Crippen LogP contribution in [0.15, 0.2) is 24.3 Å². The number of urea groups is 1. The van der Waals surface area contributed by atoms with Crippen molar-refractivity contribution in [1.29, 1.82) is 0 Å². The van der Waals surface area contributed by atoms with Crippen molar-refractivity contribution in [1.82, 2.24) is 15.5 Å². The molecule has 2 N–H and O–H groups in total. The number of amides is 4. The number of nitrogens with one attached hydrogen (secondary N) is 2. The van der Waals surface area contributed by atoms with E-state index < -0.39 is 11.5 Å². The summed E-state index contributed by atoms with van der Waals surface area (Å²) in [6.07, 6.45) is 4.27. The van der Waals surface area contributed by atoms with Gasteiger partial charge in [0.15, 0.2) is 6.61 Å². The van der Waals surface area contributed by atoms with Crippen LogP contribution in [0.2, 0.25) is 0 Å². The number of carbonyl (C=O) groups is 4. The van der Waals surface area contributed by atoms with Gasteiger partial charge in [-0.3, -0.25) is 19.3 Å². The second-order valence-electron chi connectivity index (χ2n) is 7.97. The highest BCUT2D eigenvalue weighted by Gasteiger charge is 2.52. The monoisotopic (exact) mass is 415 g/mol. The van der Waals surface area contributed by atoms with Crippen molar-refractivity contribution in [3.05, 3.63) is 35.4 Å². The van der Waals surface area contributed by atoms with Crippen LogP contribution >= 0.6 is 0 Å². The van der Waals surface area contributed by atoms with Crippen molar-refractivity contribution in [2.75, 3.05) is 19.7 Å². The maximum Gasteiger partial charge on any atom is 0.325 e. The van der Waals surface area contributed by atoms with Gasteiger partial charge in [0.2, 0.25) is 0 Å². The number of aryl methyl sites for hydroxylation is 1. The van der Waals surface area contributed by atoms with E-state index in [-0.39, 0.29) is 37.4 Å². The van der Waals surface area contributed by atoms with Crippen molar-refractivity contribution in [2.45, 2.75) is 57.4 Å². The van der Waals surface area contributed by atoms with Gasteiger partial charge >= 0.3 is 12.0 Å². The molecule has 1 spiro atoms. The Morgan fingerprint density at radius 3 is 2.67 bits per heavy atom. The van der Waals surface area contributed by atoms with Gasteiger partial charge in [-0.2, -0.15) is 0 Å². The summed E-state index contributed by atoms with van der Waals surface area (Å²) in [5.41, 5.74) is 1.60. The summed E-state index contributed by atoms with van der Waals surface area (Å²) in [6, 6.07) is 7.57. The second kappa shape index (κ2) is 9.73. The van der Waals surface area contributed by atoms with Crippen LogP contribution in [-0.2, 0) is 25.5 Å². The van der Waals surface area contributed by atoms with E-state index in [4.69, 9.17) is 4.74 Å². The molecule has 8 heteroatoms. The Labute approximate surface area is 176 Å². The Hall–Kier alpha value is -2.90. The van der Waals surface area contributed by atoms with Gasteiger partial charge in [0.1, 0.15) is 5.54 Å². The minimum absolute atomic E-state index is 0.0422. The molecule has 1 aliphatic heterocycles. The quantitative estimate of drug-likeness (QED) is 0.473. The molecular formula is C22H29N3O5. The topological polar surface area (TPSA) is 105 Å². The molecule has 30 heavy (non-hydrogen) atoms. The van der Waals surface area contributed by atoms with Crippen molar-refractivity contribution < 1.29 is 23.9 Å². The molecule has 2 fully saturated rings. The molecular weight excluding hydrogens is 386 g/mol. The molecule has 4 amide bonds. The number of esters is 1. The first kappa shape index (κ1) is 21.8.